The van der Waals surface area contributed by atoms with E-state index in [0.29, 0.717) is 11.3 Å². The highest BCUT2D eigenvalue weighted by molar-refractivity contribution is 6.00. The summed E-state index contributed by atoms with van der Waals surface area (Å²) < 4.78 is 5.30. The second-order valence-corrected chi connectivity index (χ2v) is 10.9. The number of anilines is 1. The Morgan fingerprint density at radius 1 is 1.03 bits per heavy atom. The monoisotopic (exact) mass is 509 g/mol. The molecule has 8 nitrogen and oxygen atoms in total. The molecular weight excluding hydrogens is 470 g/mol. The number of hydrogen-bond acceptors (Lipinski definition) is 5. The molecule has 0 bridgehead atoms. The van der Waals surface area contributed by atoms with Crippen LogP contribution in [0, 0.1) is 26.7 Å². The SMILES string of the molecule is Cc1ccccc1C(C(=O)Nc1c(C)cccc1C)N(C(=O)C(CO)NC(=O)OC(C)(C)C)C1CC1C. The van der Waals surface area contributed by atoms with Gasteiger partial charge in [-0.05, 0) is 76.1 Å². The van der Waals surface area contributed by atoms with Crippen LogP contribution in [-0.2, 0) is 14.3 Å². The van der Waals surface area contributed by atoms with Gasteiger partial charge in [-0.2, -0.15) is 0 Å². The summed E-state index contributed by atoms with van der Waals surface area (Å²) in [5.41, 5.74) is 3.30. The van der Waals surface area contributed by atoms with E-state index in [1.807, 2.05) is 70.2 Å². The molecule has 4 unspecified atom stereocenters. The minimum Gasteiger partial charge on any atom is -0.444 e. The zero-order chi connectivity index (χ0) is 27.5. The van der Waals surface area contributed by atoms with Gasteiger partial charge in [0, 0.05) is 11.7 Å². The molecule has 2 aromatic rings. The summed E-state index contributed by atoms with van der Waals surface area (Å²) in [6, 6.07) is 10.8. The van der Waals surface area contributed by atoms with Crippen LogP contribution in [-0.4, -0.2) is 52.2 Å². The van der Waals surface area contributed by atoms with Crippen LogP contribution < -0.4 is 10.6 Å². The van der Waals surface area contributed by atoms with Crippen molar-refractivity contribution in [1.82, 2.24) is 10.2 Å². The van der Waals surface area contributed by atoms with Gasteiger partial charge in [-0.15, -0.1) is 0 Å². The number of aryl methyl sites for hydroxylation is 3. The predicted molar refractivity (Wildman–Crippen MR) is 143 cm³/mol. The van der Waals surface area contributed by atoms with Gasteiger partial charge in [0.15, 0.2) is 0 Å². The zero-order valence-electron chi connectivity index (χ0n) is 22.8. The molecule has 1 aliphatic carbocycles. The van der Waals surface area contributed by atoms with Gasteiger partial charge >= 0.3 is 6.09 Å². The van der Waals surface area contributed by atoms with Gasteiger partial charge in [-0.1, -0.05) is 49.4 Å². The first kappa shape index (κ1) is 28.2. The van der Waals surface area contributed by atoms with E-state index < -0.39 is 36.3 Å². The Bertz CT molecular complexity index is 1140. The molecule has 200 valence electrons. The fraction of sp³-hybridized carbons (Fsp3) is 0.483. The Balaban J connectivity index is 2.02. The second-order valence-electron chi connectivity index (χ2n) is 10.9. The van der Waals surface area contributed by atoms with E-state index in [0.717, 1.165) is 23.1 Å². The van der Waals surface area contributed by atoms with Gasteiger partial charge in [0.1, 0.15) is 17.7 Å². The molecule has 1 saturated carbocycles. The molecule has 4 atom stereocenters. The van der Waals surface area contributed by atoms with Crippen molar-refractivity contribution < 1.29 is 24.2 Å². The Kier molecular flexibility index (Phi) is 8.64. The normalized spacial score (nSPS) is 18.4. The number of amides is 3. The minimum atomic E-state index is -1.26. The Labute approximate surface area is 219 Å². The van der Waals surface area contributed by atoms with Gasteiger partial charge in [0.2, 0.25) is 5.91 Å². The van der Waals surface area contributed by atoms with Gasteiger partial charge in [0.25, 0.3) is 5.91 Å². The van der Waals surface area contributed by atoms with Gasteiger partial charge in [-0.25, -0.2) is 4.79 Å². The molecule has 3 N–H and O–H groups in total. The Morgan fingerprint density at radius 3 is 2.11 bits per heavy atom. The van der Waals surface area contributed by atoms with E-state index in [9.17, 15) is 19.5 Å². The number of nitrogens with zero attached hydrogens (tertiary/aromatic N) is 1. The standard InChI is InChI=1S/C29H39N3O5/c1-17-11-8-9-14-21(17)25(26(34)31-24-18(2)12-10-13-19(24)3)32(23-15-20(23)4)27(35)22(16-33)30-28(36)37-29(5,6)7/h8-14,20,22-23,25,33H,15-16H2,1-7H3,(H,30,36)(H,31,34). The molecule has 8 heteroatoms. The molecule has 2 aromatic carbocycles. The molecule has 3 rings (SSSR count). The molecule has 0 saturated heterocycles. The third-order valence-corrected chi connectivity index (χ3v) is 6.59. The molecule has 3 amide bonds. The number of hydrogen-bond donors (Lipinski definition) is 3. The fourth-order valence-electron chi connectivity index (χ4n) is 4.50. The topological polar surface area (TPSA) is 108 Å². The highest BCUT2D eigenvalue weighted by Gasteiger charge is 2.48. The second kappa shape index (κ2) is 11.3. The molecule has 1 aliphatic rings. The number of nitrogens with one attached hydrogen (secondary N) is 2. The van der Waals surface area contributed by atoms with Crippen LogP contribution in [0.15, 0.2) is 42.5 Å². The maximum absolute atomic E-state index is 14.0. The fourth-order valence-corrected chi connectivity index (χ4v) is 4.50. The van der Waals surface area contributed by atoms with Crippen molar-refractivity contribution in [3.8, 4) is 0 Å². The largest absolute Gasteiger partial charge is 0.444 e. The van der Waals surface area contributed by atoms with Crippen molar-refractivity contribution >= 4 is 23.6 Å². The van der Waals surface area contributed by atoms with Gasteiger partial charge in [0.05, 0.1) is 6.61 Å². The highest BCUT2D eigenvalue weighted by Crippen LogP contribution is 2.41. The molecule has 0 radical (unpaired) electrons. The molecule has 37 heavy (non-hydrogen) atoms. The highest BCUT2D eigenvalue weighted by atomic mass is 16.6. The number of carbonyl (C=O) groups excluding carboxylic acids is 3. The average molecular weight is 510 g/mol. The molecule has 1 fully saturated rings. The van der Waals surface area contributed by atoms with Crippen molar-refractivity contribution in [2.75, 3.05) is 11.9 Å². The minimum absolute atomic E-state index is 0.171. The first-order valence-electron chi connectivity index (χ1n) is 12.7. The number of aliphatic hydroxyl groups excluding tert-OH is 1. The summed E-state index contributed by atoms with van der Waals surface area (Å²) >= 11 is 0. The van der Waals surface area contributed by atoms with E-state index in [2.05, 4.69) is 10.6 Å². The average Bonchev–Trinajstić information content (AvgIpc) is 3.53. The summed E-state index contributed by atoms with van der Waals surface area (Å²) in [6.45, 7) is 12.3. The number of alkyl carbamates (subject to hydrolysis) is 1. The van der Waals surface area contributed by atoms with Crippen LogP contribution in [0.1, 0.15) is 62.4 Å². The number of aliphatic hydroxyl groups is 1. The van der Waals surface area contributed by atoms with Crippen LogP contribution in [0.4, 0.5) is 10.5 Å². The molecule has 0 aromatic heterocycles. The van der Waals surface area contributed by atoms with Crippen LogP contribution in [0.5, 0.6) is 0 Å². The van der Waals surface area contributed by atoms with Gasteiger partial charge in [-0.3, -0.25) is 9.59 Å². The van der Waals surface area contributed by atoms with Crippen molar-refractivity contribution in [3.05, 3.63) is 64.7 Å². The number of carbonyl (C=O) groups is 3. The van der Waals surface area contributed by atoms with Crippen LogP contribution >= 0.6 is 0 Å². The zero-order valence-corrected chi connectivity index (χ0v) is 22.8. The summed E-state index contributed by atoms with van der Waals surface area (Å²) in [6.07, 6.45) is -0.0915. The predicted octanol–water partition coefficient (Wildman–Crippen LogP) is 4.41. The Hall–Kier alpha value is -3.39. The summed E-state index contributed by atoms with van der Waals surface area (Å²) in [5, 5.41) is 15.6. The third-order valence-electron chi connectivity index (χ3n) is 6.59. The van der Waals surface area contributed by atoms with E-state index in [4.69, 9.17) is 4.74 Å². The van der Waals surface area contributed by atoms with E-state index in [-0.39, 0.29) is 17.9 Å². The molecule has 0 aliphatic heterocycles. The van der Waals surface area contributed by atoms with E-state index in [1.54, 1.807) is 20.8 Å². The number of ether oxygens (including phenoxy) is 1. The van der Waals surface area contributed by atoms with E-state index in [1.165, 1.54) is 4.90 Å². The van der Waals surface area contributed by atoms with Crippen molar-refractivity contribution in [3.63, 3.8) is 0 Å². The van der Waals surface area contributed by atoms with Crippen LogP contribution in [0.2, 0.25) is 0 Å². The van der Waals surface area contributed by atoms with Crippen LogP contribution in [0.3, 0.4) is 0 Å². The first-order valence-corrected chi connectivity index (χ1v) is 12.7. The van der Waals surface area contributed by atoms with Crippen molar-refractivity contribution in [2.45, 2.75) is 78.6 Å². The first-order chi connectivity index (χ1) is 17.3. The number of rotatable bonds is 8. The molecule has 0 spiro atoms. The lowest BCUT2D eigenvalue weighted by molar-refractivity contribution is -0.142. The van der Waals surface area contributed by atoms with Gasteiger partial charge < -0.3 is 25.4 Å². The third kappa shape index (κ3) is 6.89. The number of benzene rings is 2. The van der Waals surface area contributed by atoms with Crippen molar-refractivity contribution in [2.24, 2.45) is 5.92 Å². The lowest BCUT2D eigenvalue weighted by atomic mass is 9.97. The summed E-state index contributed by atoms with van der Waals surface area (Å²) in [5.74, 6) is -0.718. The maximum Gasteiger partial charge on any atom is 0.408 e. The van der Waals surface area contributed by atoms with Crippen molar-refractivity contribution in [1.29, 1.82) is 0 Å². The number of para-hydroxylation sites is 1. The maximum atomic E-state index is 14.0. The quantitative estimate of drug-likeness (QED) is 0.488. The molecule has 0 heterocycles. The summed E-state index contributed by atoms with van der Waals surface area (Å²) in [4.78, 5) is 41.9. The smallest absolute Gasteiger partial charge is 0.408 e. The van der Waals surface area contributed by atoms with Crippen LogP contribution in [0.25, 0.3) is 0 Å². The summed E-state index contributed by atoms with van der Waals surface area (Å²) in [7, 11) is 0. The lowest BCUT2D eigenvalue weighted by Gasteiger charge is -2.35. The molecular formula is C29H39N3O5. The Morgan fingerprint density at radius 2 is 1.59 bits per heavy atom. The lowest BCUT2D eigenvalue weighted by Crippen LogP contribution is -2.54. The van der Waals surface area contributed by atoms with E-state index >= 15 is 0 Å².